The predicted octanol–water partition coefficient (Wildman–Crippen LogP) is 2.52. The number of aliphatic carboxylic acids is 1. The smallest absolute Gasteiger partial charge is 0.326 e. The van der Waals surface area contributed by atoms with Gasteiger partial charge in [0.05, 0.1) is 19.1 Å². The van der Waals surface area contributed by atoms with E-state index in [2.05, 4.69) is 30.9 Å². The monoisotopic (exact) mass is 606 g/mol. The molecule has 0 saturated carbocycles. The number of nitrogens with one attached hydrogen (secondary N) is 3. The number of carbonyl (C=O) groups is 3. The summed E-state index contributed by atoms with van der Waals surface area (Å²) in [7, 11) is 0. The Labute approximate surface area is 253 Å². The number of morpholine rings is 1. The van der Waals surface area contributed by atoms with E-state index in [1.165, 1.54) is 6.33 Å². The maximum absolute atomic E-state index is 15.4. The molecule has 44 heavy (non-hydrogen) atoms. The van der Waals surface area contributed by atoms with Crippen molar-refractivity contribution in [2.24, 2.45) is 5.92 Å². The standard InChI is InChI=1S/C30H35FN8O5/c31-25-26(33-17-21-3-1-9-32-16-21)34-19-35-27(25)39-10-2-4-22(18-39)28(40)37-24(29(41)42)15-20-5-7-23(8-6-20)36-30(43)38-11-13-44-14-12-38/h1,3,5-9,16,19,22,24H,2,4,10-15,17-18H2,(H,36,43)(H,37,40)(H,41,42)(H,33,34,35)/t22?,24-/m0/s1. The molecule has 0 bridgehead atoms. The van der Waals surface area contributed by atoms with Gasteiger partial charge in [-0.3, -0.25) is 9.78 Å². The Bertz CT molecular complexity index is 1440. The summed E-state index contributed by atoms with van der Waals surface area (Å²) in [5, 5.41) is 18.3. The van der Waals surface area contributed by atoms with E-state index < -0.39 is 29.7 Å². The van der Waals surface area contributed by atoms with Crippen LogP contribution < -0.4 is 20.9 Å². The first kappa shape index (κ1) is 30.6. The van der Waals surface area contributed by atoms with Crippen LogP contribution in [-0.2, 0) is 27.3 Å². The minimum atomic E-state index is -1.16. The van der Waals surface area contributed by atoms with Crippen LogP contribution in [0, 0.1) is 11.7 Å². The van der Waals surface area contributed by atoms with Crippen LogP contribution >= 0.6 is 0 Å². The summed E-state index contributed by atoms with van der Waals surface area (Å²) in [5.41, 5.74) is 2.12. The first-order valence-electron chi connectivity index (χ1n) is 14.5. The SMILES string of the molecule is O=C(N[C@@H](Cc1ccc(NC(=O)N2CCOCC2)cc1)C(=O)O)C1CCCN(c2ncnc(NCc3cccnc3)c2F)C1. The number of pyridine rings is 1. The second-order valence-corrected chi connectivity index (χ2v) is 10.7. The number of nitrogens with zero attached hydrogens (tertiary/aromatic N) is 5. The number of ether oxygens (including phenoxy) is 1. The van der Waals surface area contributed by atoms with Gasteiger partial charge in [-0.2, -0.15) is 4.39 Å². The molecule has 2 aromatic heterocycles. The molecule has 2 atom stereocenters. The van der Waals surface area contributed by atoms with E-state index in [9.17, 15) is 19.5 Å². The minimum Gasteiger partial charge on any atom is -0.480 e. The number of carbonyl (C=O) groups excluding carboxylic acids is 2. The Hall–Kier alpha value is -4.85. The van der Waals surface area contributed by atoms with Crippen molar-refractivity contribution in [2.75, 3.05) is 54.9 Å². The number of carboxylic acid groups (broad SMARTS) is 1. The van der Waals surface area contributed by atoms with Crippen molar-refractivity contribution in [1.82, 2.24) is 25.2 Å². The molecule has 13 nitrogen and oxygen atoms in total. The fourth-order valence-corrected chi connectivity index (χ4v) is 5.19. The van der Waals surface area contributed by atoms with Crippen LogP contribution in [0.1, 0.15) is 24.0 Å². The Morgan fingerprint density at radius 3 is 2.59 bits per heavy atom. The Morgan fingerprint density at radius 2 is 1.86 bits per heavy atom. The molecule has 5 rings (SSSR count). The molecule has 2 aliphatic heterocycles. The van der Waals surface area contributed by atoms with Gasteiger partial charge in [0, 0.05) is 57.2 Å². The van der Waals surface area contributed by atoms with E-state index in [0.717, 1.165) is 5.56 Å². The van der Waals surface area contributed by atoms with E-state index in [-0.39, 0.29) is 30.6 Å². The highest BCUT2D eigenvalue weighted by molar-refractivity contribution is 5.89. The number of amides is 3. The van der Waals surface area contributed by atoms with Gasteiger partial charge in [-0.05, 0) is 42.2 Å². The highest BCUT2D eigenvalue weighted by atomic mass is 19.1. The number of anilines is 3. The molecule has 4 N–H and O–H groups in total. The maximum atomic E-state index is 15.4. The lowest BCUT2D eigenvalue weighted by atomic mass is 9.96. The van der Waals surface area contributed by atoms with Crippen molar-refractivity contribution in [1.29, 1.82) is 0 Å². The van der Waals surface area contributed by atoms with Crippen molar-refractivity contribution in [3.63, 3.8) is 0 Å². The first-order chi connectivity index (χ1) is 21.4. The molecule has 14 heteroatoms. The molecular formula is C30H35FN8O5. The topological polar surface area (TPSA) is 162 Å². The first-order valence-corrected chi connectivity index (χ1v) is 14.5. The van der Waals surface area contributed by atoms with Crippen LogP contribution in [0.15, 0.2) is 55.1 Å². The number of benzene rings is 1. The van der Waals surface area contributed by atoms with Crippen molar-refractivity contribution in [2.45, 2.75) is 31.8 Å². The highest BCUT2D eigenvalue weighted by Gasteiger charge is 2.31. The lowest BCUT2D eigenvalue weighted by molar-refractivity contribution is -0.142. The number of piperidine rings is 1. The zero-order chi connectivity index (χ0) is 30.9. The van der Waals surface area contributed by atoms with Crippen LogP contribution in [0.4, 0.5) is 26.5 Å². The summed E-state index contributed by atoms with van der Waals surface area (Å²) in [6.45, 7) is 3.04. The van der Waals surface area contributed by atoms with Gasteiger partial charge in [0.15, 0.2) is 11.6 Å². The average molecular weight is 607 g/mol. The number of urea groups is 1. The van der Waals surface area contributed by atoms with Gasteiger partial charge in [0.2, 0.25) is 11.7 Å². The van der Waals surface area contributed by atoms with Crippen LogP contribution in [0.2, 0.25) is 0 Å². The molecule has 3 amide bonds. The van der Waals surface area contributed by atoms with Crippen molar-refractivity contribution in [3.05, 3.63) is 72.1 Å². The third-order valence-corrected chi connectivity index (χ3v) is 7.60. The zero-order valence-electron chi connectivity index (χ0n) is 24.1. The highest BCUT2D eigenvalue weighted by Crippen LogP contribution is 2.27. The molecule has 0 spiro atoms. The van der Waals surface area contributed by atoms with E-state index in [1.54, 1.807) is 52.5 Å². The lowest BCUT2D eigenvalue weighted by Gasteiger charge is -2.33. The fourth-order valence-electron chi connectivity index (χ4n) is 5.19. The summed E-state index contributed by atoms with van der Waals surface area (Å²) >= 11 is 0. The molecule has 0 aliphatic carbocycles. The zero-order valence-corrected chi connectivity index (χ0v) is 24.1. The second kappa shape index (κ2) is 14.6. The molecule has 2 saturated heterocycles. The third kappa shape index (κ3) is 7.95. The maximum Gasteiger partial charge on any atom is 0.326 e. The van der Waals surface area contributed by atoms with Gasteiger partial charge >= 0.3 is 12.0 Å². The Kier molecular flexibility index (Phi) is 10.1. The molecule has 1 unspecified atom stereocenters. The van der Waals surface area contributed by atoms with E-state index in [0.29, 0.717) is 63.5 Å². The van der Waals surface area contributed by atoms with Crippen LogP contribution in [0.5, 0.6) is 0 Å². The van der Waals surface area contributed by atoms with Crippen molar-refractivity contribution in [3.8, 4) is 0 Å². The van der Waals surface area contributed by atoms with Crippen LogP contribution in [0.3, 0.4) is 0 Å². The Morgan fingerprint density at radius 1 is 1.07 bits per heavy atom. The quantitative estimate of drug-likeness (QED) is 0.270. The lowest BCUT2D eigenvalue weighted by Crippen LogP contribution is -2.49. The van der Waals surface area contributed by atoms with E-state index in [1.807, 2.05) is 6.07 Å². The molecule has 4 heterocycles. The Balaban J connectivity index is 1.16. The fraction of sp³-hybridized carbons (Fsp3) is 0.400. The summed E-state index contributed by atoms with van der Waals surface area (Å²) in [5.74, 6) is -2.62. The molecule has 3 aromatic rings. The van der Waals surface area contributed by atoms with Gasteiger partial charge in [-0.1, -0.05) is 18.2 Å². The normalized spacial score (nSPS) is 17.4. The van der Waals surface area contributed by atoms with Gasteiger partial charge in [0.1, 0.15) is 12.4 Å². The van der Waals surface area contributed by atoms with E-state index >= 15 is 4.39 Å². The number of halogens is 1. The van der Waals surface area contributed by atoms with Crippen molar-refractivity contribution >= 4 is 35.2 Å². The third-order valence-electron chi connectivity index (χ3n) is 7.60. The molecular weight excluding hydrogens is 571 g/mol. The van der Waals surface area contributed by atoms with Gasteiger partial charge in [-0.15, -0.1) is 0 Å². The van der Waals surface area contributed by atoms with Gasteiger partial charge in [0.25, 0.3) is 0 Å². The second-order valence-electron chi connectivity index (χ2n) is 10.7. The minimum absolute atomic E-state index is 0.0445. The molecule has 0 radical (unpaired) electrons. The number of carboxylic acids is 1. The average Bonchev–Trinajstić information content (AvgIpc) is 3.05. The molecule has 232 valence electrons. The number of hydrogen-bond acceptors (Lipinski definition) is 9. The number of rotatable bonds is 10. The molecule has 2 aliphatic rings. The van der Waals surface area contributed by atoms with Crippen molar-refractivity contribution < 1.29 is 28.6 Å². The molecule has 1 aromatic carbocycles. The summed E-state index contributed by atoms with van der Waals surface area (Å²) < 4.78 is 20.7. The summed E-state index contributed by atoms with van der Waals surface area (Å²) in [6.07, 6.45) is 5.80. The van der Waals surface area contributed by atoms with Gasteiger partial charge < -0.3 is 35.6 Å². The van der Waals surface area contributed by atoms with Crippen LogP contribution in [-0.4, -0.2) is 88.3 Å². The predicted molar refractivity (Wildman–Crippen MR) is 160 cm³/mol. The molecule has 2 fully saturated rings. The summed E-state index contributed by atoms with van der Waals surface area (Å²) in [4.78, 5) is 53.3. The largest absolute Gasteiger partial charge is 0.480 e. The number of hydrogen-bond donors (Lipinski definition) is 4. The summed E-state index contributed by atoms with van der Waals surface area (Å²) in [6, 6.07) is 9.10. The van der Waals surface area contributed by atoms with E-state index in [4.69, 9.17) is 4.74 Å². The number of aromatic nitrogens is 3. The van der Waals surface area contributed by atoms with Crippen LogP contribution in [0.25, 0.3) is 0 Å². The van der Waals surface area contributed by atoms with Gasteiger partial charge in [-0.25, -0.2) is 19.6 Å².